The molecule has 0 spiro atoms. The van der Waals surface area contributed by atoms with Crippen LogP contribution in [0.5, 0.6) is 5.75 Å². The fourth-order valence-corrected chi connectivity index (χ4v) is 3.92. The predicted molar refractivity (Wildman–Crippen MR) is 110 cm³/mol. The summed E-state index contributed by atoms with van der Waals surface area (Å²) in [5.74, 6) is 0.251. The number of rotatable bonds is 7. The molecule has 7 nitrogen and oxygen atoms in total. The molecule has 1 heterocycles. The number of halogens is 3. The fraction of sp³-hybridized carbons (Fsp3) is 0.381. The zero-order valence-electron chi connectivity index (χ0n) is 17.0. The SMILES string of the molecule is O=C(OCc1ccccc1)N1CCN[C@H](CCOc2ccc(S(=O)(=O)C(F)(F)F)cc2)C1. The number of amides is 1. The Hall–Kier alpha value is -2.79. The molecule has 1 aliphatic heterocycles. The highest BCUT2D eigenvalue weighted by molar-refractivity contribution is 7.92. The van der Waals surface area contributed by atoms with Gasteiger partial charge in [0.05, 0.1) is 11.5 Å². The lowest BCUT2D eigenvalue weighted by molar-refractivity contribution is -0.0436. The van der Waals surface area contributed by atoms with E-state index in [2.05, 4.69) is 5.32 Å². The molecule has 32 heavy (non-hydrogen) atoms. The number of carbonyl (C=O) groups is 1. The summed E-state index contributed by atoms with van der Waals surface area (Å²) in [6, 6.07) is 13.4. The number of benzene rings is 2. The second-order valence-electron chi connectivity index (χ2n) is 7.19. The number of hydrogen-bond donors (Lipinski definition) is 1. The van der Waals surface area contributed by atoms with Crippen LogP contribution in [-0.2, 0) is 21.2 Å². The highest BCUT2D eigenvalue weighted by atomic mass is 32.2. The van der Waals surface area contributed by atoms with Crippen LogP contribution in [0.4, 0.5) is 18.0 Å². The third-order valence-corrected chi connectivity index (χ3v) is 6.39. The van der Waals surface area contributed by atoms with E-state index in [0.29, 0.717) is 26.1 Å². The van der Waals surface area contributed by atoms with E-state index in [9.17, 15) is 26.4 Å². The lowest BCUT2D eigenvalue weighted by Crippen LogP contribution is -2.53. The van der Waals surface area contributed by atoms with Crippen molar-refractivity contribution in [3.8, 4) is 5.75 Å². The van der Waals surface area contributed by atoms with E-state index in [1.807, 2.05) is 30.3 Å². The van der Waals surface area contributed by atoms with Crippen molar-refractivity contribution in [2.24, 2.45) is 0 Å². The minimum absolute atomic E-state index is 0.0436. The summed E-state index contributed by atoms with van der Waals surface area (Å²) in [5, 5.41) is 3.28. The molecule has 1 aliphatic rings. The van der Waals surface area contributed by atoms with Gasteiger partial charge in [0.2, 0.25) is 0 Å². The van der Waals surface area contributed by atoms with Gasteiger partial charge in [0.15, 0.2) is 0 Å². The Kier molecular flexibility index (Phi) is 7.62. The van der Waals surface area contributed by atoms with Crippen molar-refractivity contribution in [1.29, 1.82) is 0 Å². The number of ether oxygens (including phenoxy) is 2. The molecule has 2 aromatic rings. The van der Waals surface area contributed by atoms with Crippen molar-refractivity contribution in [3.05, 3.63) is 60.2 Å². The lowest BCUT2D eigenvalue weighted by Gasteiger charge is -2.33. The van der Waals surface area contributed by atoms with Crippen LogP contribution < -0.4 is 10.1 Å². The molecule has 0 aliphatic carbocycles. The predicted octanol–water partition coefficient (Wildman–Crippen LogP) is 3.36. The van der Waals surface area contributed by atoms with Gasteiger partial charge in [-0.25, -0.2) is 13.2 Å². The molecule has 2 aromatic carbocycles. The maximum Gasteiger partial charge on any atom is 0.501 e. The molecule has 1 N–H and O–H groups in total. The van der Waals surface area contributed by atoms with E-state index in [1.54, 1.807) is 4.90 Å². The Bertz CT molecular complexity index is 998. The number of nitrogens with one attached hydrogen (secondary N) is 1. The number of piperazine rings is 1. The van der Waals surface area contributed by atoms with Gasteiger partial charge in [0, 0.05) is 25.7 Å². The number of alkyl halides is 3. The molecule has 1 saturated heterocycles. The average Bonchev–Trinajstić information content (AvgIpc) is 2.78. The van der Waals surface area contributed by atoms with Crippen molar-refractivity contribution >= 4 is 15.9 Å². The molecule has 11 heteroatoms. The summed E-state index contributed by atoms with van der Waals surface area (Å²) in [4.78, 5) is 13.1. The second-order valence-corrected chi connectivity index (χ2v) is 9.14. The van der Waals surface area contributed by atoms with Crippen LogP contribution in [0.3, 0.4) is 0 Å². The quantitative estimate of drug-likeness (QED) is 0.665. The molecule has 3 rings (SSSR count). The molecule has 1 amide bonds. The Balaban J connectivity index is 1.44. The molecule has 0 aromatic heterocycles. The van der Waals surface area contributed by atoms with Gasteiger partial charge >= 0.3 is 11.6 Å². The molecule has 0 unspecified atom stereocenters. The van der Waals surface area contributed by atoms with Crippen LogP contribution in [0.15, 0.2) is 59.5 Å². The minimum Gasteiger partial charge on any atom is -0.494 e. The largest absolute Gasteiger partial charge is 0.501 e. The highest BCUT2D eigenvalue weighted by Crippen LogP contribution is 2.31. The van der Waals surface area contributed by atoms with Crippen molar-refractivity contribution in [2.45, 2.75) is 29.5 Å². The van der Waals surface area contributed by atoms with E-state index in [0.717, 1.165) is 17.7 Å². The summed E-state index contributed by atoms with van der Waals surface area (Å²) in [7, 11) is -5.38. The first-order valence-electron chi connectivity index (χ1n) is 9.90. The Morgan fingerprint density at radius 2 is 1.78 bits per heavy atom. The van der Waals surface area contributed by atoms with Gasteiger partial charge in [-0.2, -0.15) is 13.2 Å². The molecule has 174 valence electrons. The second kappa shape index (κ2) is 10.2. The van der Waals surface area contributed by atoms with E-state index < -0.39 is 26.3 Å². The van der Waals surface area contributed by atoms with Crippen molar-refractivity contribution in [2.75, 3.05) is 26.2 Å². The molecule has 1 atom stereocenters. The van der Waals surface area contributed by atoms with Gasteiger partial charge in [-0.15, -0.1) is 0 Å². The standard InChI is InChI=1S/C21H23F3N2O5S/c22-21(23,24)32(28,29)19-8-6-18(7-9-19)30-13-10-17-14-26(12-11-25-17)20(27)31-15-16-4-2-1-3-5-16/h1-9,17,25H,10-15H2/t17-/m1/s1. The van der Waals surface area contributed by atoms with Crippen LogP contribution >= 0.6 is 0 Å². The van der Waals surface area contributed by atoms with Crippen molar-refractivity contribution < 1.29 is 35.9 Å². The minimum atomic E-state index is -5.38. The summed E-state index contributed by atoms with van der Waals surface area (Å²) >= 11 is 0. The van der Waals surface area contributed by atoms with E-state index in [-0.39, 0.29) is 25.0 Å². The zero-order chi connectivity index (χ0) is 23.2. The van der Waals surface area contributed by atoms with Crippen LogP contribution in [0.1, 0.15) is 12.0 Å². The van der Waals surface area contributed by atoms with Gasteiger partial charge in [0.1, 0.15) is 12.4 Å². The molecule has 0 bridgehead atoms. The lowest BCUT2D eigenvalue weighted by atomic mass is 10.1. The van der Waals surface area contributed by atoms with E-state index in [4.69, 9.17) is 9.47 Å². The summed E-state index contributed by atoms with van der Waals surface area (Å²) < 4.78 is 71.4. The first-order valence-corrected chi connectivity index (χ1v) is 11.4. The van der Waals surface area contributed by atoms with Crippen LogP contribution in [0.25, 0.3) is 0 Å². The van der Waals surface area contributed by atoms with E-state index >= 15 is 0 Å². The Morgan fingerprint density at radius 1 is 1.09 bits per heavy atom. The first-order chi connectivity index (χ1) is 15.2. The maximum absolute atomic E-state index is 12.6. The molecular weight excluding hydrogens is 449 g/mol. The van der Waals surface area contributed by atoms with Gasteiger partial charge in [0.25, 0.3) is 9.84 Å². The van der Waals surface area contributed by atoms with Crippen molar-refractivity contribution in [1.82, 2.24) is 10.2 Å². The third-order valence-electron chi connectivity index (χ3n) is 4.89. The van der Waals surface area contributed by atoms with Crippen LogP contribution in [0, 0.1) is 0 Å². The summed E-state index contributed by atoms with van der Waals surface area (Å²) in [5.41, 5.74) is -4.45. The molecule has 0 saturated carbocycles. The number of carbonyl (C=O) groups excluding carboxylic acids is 1. The van der Waals surface area contributed by atoms with Crippen LogP contribution in [0.2, 0.25) is 0 Å². The van der Waals surface area contributed by atoms with Gasteiger partial charge in [-0.1, -0.05) is 30.3 Å². The van der Waals surface area contributed by atoms with Crippen molar-refractivity contribution in [3.63, 3.8) is 0 Å². The molecule has 1 fully saturated rings. The number of hydrogen-bond acceptors (Lipinski definition) is 6. The highest BCUT2D eigenvalue weighted by Gasteiger charge is 2.46. The topological polar surface area (TPSA) is 84.9 Å². The summed E-state index contributed by atoms with van der Waals surface area (Å²) in [6.07, 6.45) is 0.133. The van der Waals surface area contributed by atoms with Gasteiger partial charge in [-0.05, 0) is 36.2 Å². The zero-order valence-corrected chi connectivity index (χ0v) is 17.9. The number of nitrogens with zero attached hydrogens (tertiary/aromatic N) is 1. The monoisotopic (exact) mass is 472 g/mol. The molecular formula is C21H23F3N2O5S. The fourth-order valence-electron chi connectivity index (χ4n) is 3.16. The number of sulfone groups is 1. The molecule has 0 radical (unpaired) electrons. The Labute approximate surface area is 184 Å². The first kappa shape index (κ1) is 23.9. The average molecular weight is 472 g/mol. The smallest absolute Gasteiger partial charge is 0.494 e. The summed E-state index contributed by atoms with van der Waals surface area (Å²) in [6.45, 7) is 1.96. The van der Waals surface area contributed by atoms with Gasteiger partial charge in [-0.3, -0.25) is 0 Å². The van der Waals surface area contributed by atoms with Gasteiger partial charge < -0.3 is 19.7 Å². The maximum atomic E-state index is 12.6. The normalized spacial score (nSPS) is 17.1. The van der Waals surface area contributed by atoms with E-state index in [1.165, 1.54) is 12.1 Å². The third kappa shape index (κ3) is 6.13. The Morgan fingerprint density at radius 3 is 2.44 bits per heavy atom. The van der Waals surface area contributed by atoms with Crippen LogP contribution in [-0.4, -0.2) is 57.2 Å².